The van der Waals surface area contributed by atoms with Crippen LogP contribution in [0.15, 0.2) is 18.2 Å². The van der Waals surface area contributed by atoms with Crippen LogP contribution in [-0.2, 0) is 0 Å². The Bertz CT molecular complexity index is 690. The summed E-state index contributed by atoms with van der Waals surface area (Å²) in [6, 6.07) is 6.32. The van der Waals surface area contributed by atoms with Gasteiger partial charge in [-0.2, -0.15) is 0 Å². The van der Waals surface area contributed by atoms with Crippen LogP contribution in [-0.4, -0.2) is 17.1 Å². The molecule has 1 saturated carbocycles. The molecule has 0 aliphatic heterocycles. The monoisotopic (exact) mass is 300 g/mol. The molecule has 1 aliphatic carbocycles. The van der Waals surface area contributed by atoms with Crippen molar-refractivity contribution in [2.24, 2.45) is 5.92 Å². The van der Waals surface area contributed by atoms with E-state index in [1.165, 1.54) is 30.4 Å². The summed E-state index contributed by atoms with van der Waals surface area (Å²) in [4.78, 5) is 15.3. The maximum atomic E-state index is 12.1. The zero-order chi connectivity index (χ0) is 15.7. The number of aromatic amines is 1. The fraction of sp³-hybridized carbons (Fsp3) is 0.500. The summed E-state index contributed by atoms with van der Waals surface area (Å²) in [6.45, 7) is 6.32. The van der Waals surface area contributed by atoms with Crippen LogP contribution in [0.5, 0.6) is 5.88 Å². The van der Waals surface area contributed by atoms with Crippen molar-refractivity contribution < 1.29 is 9.53 Å². The SMILES string of the molecule is Cc1cc(C)c2cc(OC(=O)NC3CCCCC3C)[nH]c2c1. The number of fused-ring (bicyclic) bond motifs is 1. The first-order chi connectivity index (χ1) is 10.5. The third kappa shape index (κ3) is 3.11. The molecule has 0 saturated heterocycles. The van der Waals surface area contributed by atoms with Gasteiger partial charge in [-0.25, -0.2) is 4.79 Å². The maximum absolute atomic E-state index is 12.1. The van der Waals surface area contributed by atoms with E-state index in [4.69, 9.17) is 4.74 Å². The molecular weight excluding hydrogens is 276 g/mol. The number of amides is 1. The molecule has 0 bridgehead atoms. The number of aryl methyl sites for hydroxylation is 2. The number of hydrogen-bond acceptors (Lipinski definition) is 2. The van der Waals surface area contributed by atoms with Crippen LogP contribution >= 0.6 is 0 Å². The van der Waals surface area contributed by atoms with Gasteiger partial charge in [-0.3, -0.25) is 0 Å². The molecule has 4 nitrogen and oxygen atoms in total. The second kappa shape index (κ2) is 6.03. The summed E-state index contributed by atoms with van der Waals surface area (Å²) in [5, 5.41) is 4.10. The van der Waals surface area contributed by atoms with E-state index in [1.54, 1.807) is 0 Å². The van der Waals surface area contributed by atoms with Crippen LogP contribution in [0.1, 0.15) is 43.7 Å². The number of carbonyl (C=O) groups is 1. The van der Waals surface area contributed by atoms with Crippen LogP contribution < -0.4 is 10.1 Å². The van der Waals surface area contributed by atoms with Gasteiger partial charge < -0.3 is 15.0 Å². The van der Waals surface area contributed by atoms with Gasteiger partial charge in [0.1, 0.15) is 0 Å². The van der Waals surface area contributed by atoms with E-state index in [9.17, 15) is 4.79 Å². The molecule has 2 aromatic rings. The summed E-state index contributed by atoms with van der Waals surface area (Å²) in [5.41, 5.74) is 3.38. The highest BCUT2D eigenvalue weighted by molar-refractivity contribution is 5.86. The van der Waals surface area contributed by atoms with Crippen LogP contribution in [0, 0.1) is 19.8 Å². The quantitative estimate of drug-likeness (QED) is 0.860. The summed E-state index contributed by atoms with van der Waals surface area (Å²) >= 11 is 0. The maximum Gasteiger partial charge on any atom is 0.414 e. The van der Waals surface area contributed by atoms with Gasteiger partial charge in [-0.15, -0.1) is 0 Å². The van der Waals surface area contributed by atoms with Gasteiger partial charge in [0.15, 0.2) is 0 Å². The molecule has 1 heterocycles. The van der Waals surface area contributed by atoms with E-state index in [0.717, 1.165) is 17.3 Å². The Labute approximate surface area is 131 Å². The van der Waals surface area contributed by atoms with Crippen molar-refractivity contribution in [1.82, 2.24) is 10.3 Å². The lowest BCUT2D eigenvalue weighted by Gasteiger charge is -2.28. The van der Waals surface area contributed by atoms with E-state index in [2.05, 4.69) is 43.2 Å². The summed E-state index contributed by atoms with van der Waals surface area (Å²) in [5.74, 6) is 1.03. The molecule has 2 unspecified atom stereocenters. The first-order valence-electron chi connectivity index (χ1n) is 8.11. The Hall–Kier alpha value is -1.97. The molecule has 2 N–H and O–H groups in total. The van der Waals surface area contributed by atoms with Crippen molar-refractivity contribution in [2.45, 2.75) is 52.5 Å². The van der Waals surface area contributed by atoms with Crippen LogP contribution in [0.3, 0.4) is 0 Å². The number of nitrogens with one attached hydrogen (secondary N) is 2. The van der Waals surface area contributed by atoms with E-state index >= 15 is 0 Å². The Kier molecular flexibility index (Phi) is 4.10. The molecule has 22 heavy (non-hydrogen) atoms. The van der Waals surface area contributed by atoms with Gasteiger partial charge in [-0.05, 0) is 49.8 Å². The summed E-state index contributed by atoms with van der Waals surface area (Å²) in [6.07, 6.45) is 4.30. The minimum atomic E-state index is -0.361. The minimum Gasteiger partial charge on any atom is -0.393 e. The van der Waals surface area contributed by atoms with Crippen LogP contribution in [0.2, 0.25) is 0 Å². The molecule has 1 amide bonds. The largest absolute Gasteiger partial charge is 0.414 e. The minimum absolute atomic E-state index is 0.231. The van der Waals surface area contributed by atoms with Gasteiger partial charge in [0.05, 0.1) is 0 Å². The molecule has 2 atom stereocenters. The lowest BCUT2D eigenvalue weighted by molar-refractivity contribution is 0.182. The Morgan fingerprint density at radius 2 is 2.00 bits per heavy atom. The van der Waals surface area contributed by atoms with Crippen LogP contribution in [0.4, 0.5) is 4.79 Å². The number of carbonyl (C=O) groups excluding carboxylic acids is 1. The molecule has 1 aromatic carbocycles. The number of benzene rings is 1. The molecule has 0 radical (unpaired) electrons. The molecular formula is C18H24N2O2. The van der Waals surface area contributed by atoms with Crippen LogP contribution in [0.25, 0.3) is 10.9 Å². The topological polar surface area (TPSA) is 54.1 Å². The van der Waals surface area contributed by atoms with E-state index in [0.29, 0.717) is 11.8 Å². The van der Waals surface area contributed by atoms with Gasteiger partial charge in [0.25, 0.3) is 0 Å². The number of rotatable bonds is 2. The molecule has 0 spiro atoms. The molecule has 1 aromatic heterocycles. The zero-order valence-electron chi connectivity index (χ0n) is 13.5. The summed E-state index contributed by atoms with van der Waals surface area (Å²) < 4.78 is 5.44. The highest BCUT2D eigenvalue weighted by atomic mass is 16.6. The first kappa shape index (κ1) is 14.9. The Morgan fingerprint density at radius 3 is 2.77 bits per heavy atom. The molecule has 1 fully saturated rings. The third-order valence-corrected chi connectivity index (χ3v) is 4.68. The normalized spacial score (nSPS) is 21.8. The van der Waals surface area contributed by atoms with Gasteiger partial charge >= 0.3 is 6.09 Å². The molecule has 3 rings (SSSR count). The lowest BCUT2D eigenvalue weighted by Crippen LogP contribution is -2.42. The molecule has 4 heteroatoms. The van der Waals surface area contributed by atoms with Gasteiger partial charge in [-0.1, -0.05) is 25.8 Å². The second-order valence-electron chi connectivity index (χ2n) is 6.58. The first-order valence-corrected chi connectivity index (χ1v) is 8.11. The third-order valence-electron chi connectivity index (χ3n) is 4.68. The molecule has 1 aliphatic rings. The zero-order valence-corrected chi connectivity index (χ0v) is 13.5. The van der Waals surface area contributed by atoms with Crippen molar-refractivity contribution in [3.63, 3.8) is 0 Å². The lowest BCUT2D eigenvalue weighted by atomic mass is 9.86. The standard InChI is InChI=1S/C18H24N2O2/c1-11-8-13(3)14-10-17(19-16(14)9-11)22-18(21)20-15-7-5-4-6-12(15)2/h8-10,12,15,19H,4-7H2,1-3H3,(H,20,21). The van der Waals surface area contributed by atoms with Crippen molar-refractivity contribution in [3.8, 4) is 5.88 Å². The second-order valence-corrected chi connectivity index (χ2v) is 6.58. The average molecular weight is 300 g/mol. The van der Waals surface area contributed by atoms with Gasteiger partial charge in [0.2, 0.25) is 5.88 Å². The van der Waals surface area contributed by atoms with Gasteiger partial charge in [0, 0.05) is 23.0 Å². The fourth-order valence-electron chi connectivity index (χ4n) is 3.44. The summed E-state index contributed by atoms with van der Waals surface area (Å²) in [7, 11) is 0. The fourth-order valence-corrected chi connectivity index (χ4v) is 3.44. The van der Waals surface area contributed by atoms with E-state index in [-0.39, 0.29) is 12.1 Å². The van der Waals surface area contributed by atoms with Crippen molar-refractivity contribution >= 4 is 17.0 Å². The Balaban J connectivity index is 1.70. The highest BCUT2D eigenvalue weighted by Crippen LogP contribution is 2.26. The number of H-pyrrole nitrogens is 1. The van der Waals surface area contributed by atoms with E-state index in [1.807, 2.05) is 6.07 Å². The average Bonchev–Trinajstić information content (AvgIpc) is 2.84. The Morgan fingerprint density at radius 1 is 1.23 bits per heavy atom. The van der Waals surface area contributed by atoms with Crippen molar-refractivity contribution in [1.29, 1.82) is 0 Å². The number of ether oxygens (including phenoxy) is 1. The smallest absolute Gasteiger partial charge is 0.393 e. The predicted molar refractivity (Wildman–Crippen MR) is 88.4 cm³/mol. The molecule has 118 valence electrons. The number of hydrogen-bond donors (Lipinski definition) is 2. The predicted octanol–water partition coefficient (Wildman–Crippen LogP) is 4.45. The number of aromatic nitrogens is 1. The van der Waals surface area contributed by atoms with Crippen molar-refractivity contribution in [3.05, 3.63) is 29.3 Å². The highest BCUT2D eigenvalue weighted by Gasteiger charge is 2.23. The van der Waals surface area contributed by atoms with E-state index < -0.39 is 0 Å². The van der Waals surface area contributed by atoms with Crippen molar-refractivity contribution in [2.75, 3.05) is 0 Å².